The van der Waals surface area contributed by atoms with Crippen LogP contribution in [0, 0.1) is 5.41 Å². The van der Waals surface area contributed by atoms with Gasteiger partial charge in [-0.3, -0.25) is 4.90 Å². The van der Waals surface area contributed by atoms with E-state index in [9.17, 15) is 0 Å². The third-order valence-corrected chi connectivity index (χ3v) is 5.86. The van der Waals surface area contributed by atoms with Gasteiger partial charge in [-0.05, 0) is 50.6 Å². The molecular formula is C16H32N2O. The van der Waals surface area contributed by atoms with E-state index >= 15 is 0 Å². The van der Waals surface area contributed by atoms with Crippen LogP contribution in [-0.2, 0) is 4.74 Å². The van der Waals surface area contributed by atoms with Gasteiger partial charge in [0.05, 0.1) is 6.10 Å². The van der Waals surface area contributed by atoms with E-state index in [2.05, 4.69) is 25.7 Å². The molecule has 2 atom stereocenters. The Bertz CT molecular complexity index is 286. The summed E-state index contributed by atoms with van der Waals surface area (Å²) in [4.78, 5) is 2.69. The third-order valence-electron chi connectivity index (χ3n) is 5.86. The van der Waals surface area contributed by atoms with Crippen LogP contribution >= 0.6 is 0 Å². The zero-order chi connectivity index (χ0) is 13.9. The van der Waals surface area contributed by atoms with Gasteiger partial charge in [-0.15, -0.1) is 0 Å². The largest absolute Gasteiger partial charge is 0.378 e. The summed E-state index contributed by atoms with van der Waals surface area (Å²) in [6.07, 6.45) is 7.72. The number of rotatable bonds is 4. The van der Waals surface area contributed by atoms with E-state index < -0.39 is 0 Å². The lowest BCUT2D eigenvalue weighted by Crippen LogP contribution is -2.61. The highest BCUT2D eigenvalue weighted by atomic mass is 16.5. The molecule has 2 saturated heterocycles. The molecule has 2 heterocycles. The average molecular weight is 268 g/mol. The molecule has 2 fully saturated rings. The first kappa shape index (κ1) is 15.3. The molecule has 0 saturated carbocycles. The number of ether oxygens (including phenoxy) is 1. The minimum absolute atomic E-state index is 0.216. The lowest BCUT2D eigenvalue weighted by Gasteiger charge is -2.52. The number of nitrogens with two attached hydrogens (primary N) is 1. The Morgan fingerprint density at radius 1 is 1.21 bits per heavy atom. The van der Waals surface area contributed by atoms with Gasteiger partial charge in [0.1, 0.15) is 0 Å². The Morgan fingerprint density at radius 3 is 2.42 bits per heavy atom. The van der Waals surface area contributed by atoms with Gasteiger partial charge in [0, 0.05) is 18.7 Å². The minimum atomic E-state index is 0.216. The molecule has 0 aromatic rings. The number of nitrogens with zero attached hydrogens (tertiary/aromatic N) is 1. The topological polar surface area (TPSA) is 38.5 Å². The van der Waals surface area contributed by atoms with Crippen molar-refractivity contribution in [3.63, 3.8) is 0 Å². The highest BCUT2D eigenvalue weighted by Gasteiger charge is 2.43. The first-order valence-corrected chi connectivity index (χ1v) is 8.14. The van der Waals surface area contributed by atoms with Gasteiger partial charge < -0.3 is 10.5 Å². The molecule has 2 unspecified atom stereocenters. The van der Waals surface area contributed by atoms with Crippen LogP contribution in [-0.4, -0.2) is 42.8 Å². The van der Waals surface area contributed by atoms with Crippen molar-refractivity contribution in [1.82, 2.24) is 4.90 Å². The van der Waals surface area contributed by atoms with Crippen molar-refractivity contribution < 1.29 is 4.74 Å². The van der Waals surface area contributed by atoms with Gasteiger partial charge >= 0.3 is 0 Å². The molecule has 0 radical (unpaired) electrons. The second-order valence-electron chi connectivity index (χ2n) is 6.93. The lowest BCUT2D eigenvalue weighted by atomic mass is 9.75. The quantitative estimate of drug-likeness (QED) is 0.852. The highest BCUT2D eigenvalue weighted by Crippen LogP contribution is 2.39. The van der Waals surface area contributed by atoms with Crippen molar-refractivity contribution in [3.8, 4) is 0 Å². The number of hydrogen-bond donors (Lipinski definition) is 1. The monoisotopic (exact) mass is 268 g/mol. The number of hydrogen-bond acceptors (Lipinski definition) is 3. The third kappa shape index (κ3) is 3.14. The van der Waals surface area contributed by atoms with E-state index in [1.165, 1.54) is 32.4 Å². The molecule has 0 aromatic heterocycles. The zero-order valence-corrected chi connectivity index (χ0v) is 13.1. The average Bonchev–Trinajstić information content (AvgIpc) is 2.48. The van der Waals surface area contributed by atoms with Crippen LogP contribution < -0.4 is 5.73 Å². The van der Waals surface area contributed by atoms with E-state index in [0.717, 1.165) is 32.4 Å². The van der Waals surface area contributed by atoms with Gasteiger partial charge in [0.2, 0.25) is 0 Å². The Hall–Kier alpha value is -0.120. The highest BCUT2D eigenvalue weighted by molar-refractivity contribution is 4.98. The molecule has 3 heteroatoms. The Morgan fingerprint density at radius 2 is 1.89 bits per heavy atom. The summed E-state index contributed by atoms with van der Waals surface area (Å²) in [6, 6.07) is 0. The van der Waals surface area contributed by atoms with Gasteiger partial charge in [-0.2, -0.15) is 0 Å². The molecule has 112 valence electrons. The second-order valence-corrected chi connectivity index (χ2v) is 6.93. The minimum Gasteiger partial charge on any atom is -0.378 e. The normalized spacial score (nSPS) is 36.3. The van der Waals surface area contributed by atoms with Gasteiger partial charge in [0.15, 0.2) is 0 Å². The summed E-state index contributed by atoms with van der Waals surface area (Å²) < 4.78 is 5.85. The predicted octanol–water partition coefficient (Wildman–Crippen LogP) is 2.79. The summed E-state index contributed by atoms with van der Waals surface area (Å²) in [5.41, 5.74) is 6.96. The van der Waals surface area contributed by atoms with Crippen molar-refractivity contribution in [2.45, 2.75) is 70.9 Å². The Labute approximate surface area is 118 Å². The van der Waals surface area contributed by atoms with Crippen molar-refractivity contribution in [2.24, 2.45) is 11.1 Å². The molecule has 2 N–H and O–H groups in total. The molecule has 3 nitrogen and oxygen atoms in total. The molecule has 2 rings (SSSR count). The maximum atomic E-state index is 6.19. The summed E-state index contributed by atoms with van der Waals surface area (Å²) in [5, 5.41) is 0. The van der Waals surface area contributed by atoms with Gasteiger partial charge in [-0.25, -0.2) is 0 Å². The maximum Gasteiger partial charge on any atom is 0.0590 e. The van der Waals surface area contributed by atoms with E-state index in [0.29, 0.717) is 11.5 Å². The van der Waals surface area contributed by atoms with Crippen LogP contribution in [0.4, 0.5) is 0 Å². The van der Waals surface area contributed by atoms with Crippen LogP contribution in [0.15, 0.2) is 0 Å². The van der Waals surface area contributed by atoms with Gasteiger partial charge in [-0.1, -0.05) is 27.2 Å². The smallest absolute Gasteiger partial charge is 0.0590 e. The molecule has 0 bridgehead atoms. The number of likely N-dealkylation sites (tertiary alicyclic amines) is 1. The predicted molar refractivity (Wildman–Crippen MR) is 80.3 cm³/mol. The van der Waals surface area contributed by atoms with E-state index in [1.807, 2.05) is 0 Å². The summed E-state index contributed by atoms with van der Waals surface area (Å²) in [6.45, 7) is 11.1. The fourth-order valence-corrected chi connectivity index (χ4v) is 3.74. The van der Waals surface area contributed by atoms with E-state index in [4.69, 9.17) is 10.5 Å². The molecule has 2 aliphatic heterocycles. The fourth-order valence-electron chi connectivity index (χ4n) is 3.74. The first-order chi connectivity index (χ1) is 9.07. The van der Waals surface area contributed by atoms with E-state index in [-0.39, 0.29) is 5.54 Å². The summed E-state index contributed by atoms with van der Waals surface area (Å²) in [5.74, 6) is 0. The second kappa shape index (κ2) is 6.11. The van der Waals surface area contributed by atoms with Crippen LogP contribution in [0.3, 0.4) is 0 Å². The maximum absolute atomic E-state index is 6.19. The molecule has 0 aliphatic carbocycles. The van der Waals surface area contributed by atoms with Crippen molar-refractivity contribution >= 4 is 0 Å². The summed E-state index contributed by atoms with van der Waals surface area (Å²) in [7, 11) is 0. The molecule has 19 heavy (non-hydrogen) atoms. The number of piperidine rings is 1. The Kier molecular flexibility index (Phi) is 4.91. The molecular weight excluding hydrogens is 236 g/mol. The molecule has 0 amide bonds. The molecule has 2 aliphatic rings. The van der Waals surface area contributed by atoms with E-state index in [1.54, 1.807) is 0 Å². The summed E-state index contributed by atoms with van der Waals surface area (Å²) >= 11 is 0. The van der Waals surface area contributed by atoms with Crippen LogP contribution in [0.1, 0.15) is 59.3 Å². The van der Waals surface area contributed by atoms with Crippen LogP contribution in [0.5, 0.6) is 0 Å². The van der Waals surface area contributed by atoms with Crippen LogP contribution in [0.2, 0.25) is 0 Å². The fraction of sp³-hybridized carbons (Fsp3) is 1.00. The molecule has 0 spiro atoms. The van der Waals surface area contributed by atoms with Crippen LogP contribution in [0.25, 0.3) is 0 Å². The Balaban J connectivity index is 2.02. The van der Waals surface area contributed by atoms with Gasteiger partial charge in [0.25, 0.3) is 0 Å². The van der Waals surface area contributed by atoms with Crippen molar-refractivity contribution in [3.05, 3.63) is 0 Å². The zero-order valence-electron chi connectivity index (χ0n) is 13.1. The SMILES string of the molecule is CCC1CC(CN)(N2CCC(C)(CC)CC2)CCO1. The first-order valence-electron chi connectivity index (χ1n) is 8.14. The van der Waals surface area contributed by atoms with Crippen molar-refractivity contribution in [1.29, 1.82) is 0 Å². The lowest BCUT2D eigenvalue weighted by molar-refractivity contribution is -0.0855. The van der Waals surface area contributed by atoms with Crippen molar-refractivity contribution in [2.75, 3.05) is 26.2 Å². The molecule has 0 aromatic carbocycles. The standard InChI is InChI=1S/C16H32N2O/c1-4-14-12-16(13-17,8-11-19-14)18-9-6-15(3,5-2)7-10-18/h14H,4-13,17H2,1-3H3.